The Morgan fingerprint density at radius 3 is 2.70 bits per heavy atom. The zero-order valence-corrected chi connectivity index (χ0v) is 12.0. The van der Waals surface area contributed by atoms with Gasteiger partial charge in [0.1, 0.15) is 11.6 Å². The molecule has 1 aromatic heterocycles. The molecule has 0 saturated heterocycles. The average molecular weight is 279 g/mol. The molecule has 0 aliphatic rings. The van der Waals surface area contributed by atoms with Gasteiger partial charge in [0.25, 0.3) is 0 Å². The highest BCUT2D eigenvalue weighted by Crippen LogP contribution is 2.14. The Morgan fingerprint density at radius 1 is 1.25 bits per heavy atom. The maximum absolute atomic E-state index is 13.6. The highest BCUT2D eigenvalue weighted by atomic mass is 19.1. The third-order valence-electron chi connectivity index (χ3n) is 3.23. The monoisotopic (exact) mass is 279 g/mol. The van der Waals surface area contributed by atoms with Crippen LogP contribution in [-0.2, 0) is 13.1 Å². The van der Waals surface area contributed by atoms with Crippen LogP contribution in [0.15, 0.2) is 24.4 Å². The second kappa shape index (κ2) is 6.13. The quantitative estimate of drug-likeness (QED) is 0.911. The van der Waals surface area contributed by atoms with Gasteiger partial charge in [-0.15, -0.1) is 0 Å². The Morgan fingerprint density at radius 2 is 2.00 bits per heavy atom. The van der Waals surface area contributed by atoms with Gasteiger partial charge in [-0.2, -0.15) is 5.10 Å². The summed E-state index contributed by atoms with van der Waals surface area (Å²) in [5.74, 6) is -0.851. The second-order valence-electron chi connectivity index (χ2n) is 5.18. The maximum Gasteiger partial charge on any atom is 0.128 e. The molecule has 0 saturated carbocycles. The van der Waals surface area contributed by atoms with Crippen LogP contribution in [0.2, 0.25) is 0 Å². The van der Waals surface area contributed by atoms with E-state index in [0.717, 1.165) is 29.9 Å². The number of benzene rings is 1. The van der Waals surface area contributed by atoms with E-state index in [-0.39, 0.29) is 6.54 Å². The fourth-order valence-electron chi connectivity index (χ4n) is 1.96. The summed E-state index contributed by atoms with van der Waals surface area (Å²) < 4.78 is 28.5. The Labute approximate surface area is 117 Å². The van der Waals surface area contributed by atoms with Gasteiger partial charge in [-0.05, 0) is 25.1 Å². The molecule has 3 nitrogen and oxygen atoms in total. The molecule has 0 amide bonds. The minimum atomic E-state index is -0.437. The lowest BCUT2D eigenvalue weighted by molar-refractivity contribution is 0.560. The summed E-state index contributed by atoms with van der Waals surface area (Å²) in [6.07, 6.45) is 1.77. The van der Waals surface area contributed by atoms with E-state index < -0.39 is 11.6 Å². The van der Waals surface area contributed by atoms with Crippen LogP contribution in [-0.4, -0.2) is 15.8 Å². The summed E-state index contributed by atoms with van der Waals surface area (Å²) in [6, 6.07) is 3.86. The smallest absolute Gasteiger partial charge is 0.128 e. The maximum atomic E-state index is 13.6. The van der Waals surface area contributed by atoms with Gasteiger partial charge in [-0.1, -0.05) is 13.8 Å². The number of hydrogen-bond acceptors (Lipinski definition) is 2. The molecule has 2 rings (SSSR count). The van der Waals surface area contributed by atoms with Crippen LogP contribution >= 0.6 is 0 Å². The summed E-state index contributed by atoms with van der Waals surface area (Å²) in [5.41, 5.74) is 2.33. The fraction of sp³-hybridized carbons (Fsp3) is 0.400. The van der Waals surface area contributed by atoms with Crippen molar-refractivity contribution in [1.82, 2.24) is 15.1 Å². The van der Waals surface area contributed by atoms with Gasteiger partial charge in [-0.25, -0.2) is 8.78 Å². The van der Waals surface area contributed by atoms with E-state index in [9.17, 15) is 8.78 Å². The van der Waals surface area contributed by atoms with Gasteiger partial charge in [-0.3, -0.25) is 4.68 Å². The van der Waals surface area contributed by atoms with Crippen molar-refractivity contribution >= 4 is 0 Å². The van der Waals surface area contributed by atoms with Gasteiger partial charge < -0.3 is 5.32 Å². The van der Waals surface area contributed by atoms with Crippen molar-refractivity contribution in [3.05, 3.63) is 52.9 Å². The summed E-state index contributed by atoms with van der Waals surface area (Å²) >= 11 is 0. The molecular formula is C15H19F2N3. The highest BCUT2D eigenvalue weighted by molar-refractivity contribution is 5.22. The van der Waals surface area contributed by atoms with Gasteiger partial charge in [0.2, 0.25) is 0 Å². The third kappa shape index (κ3) is 3.42. The van der Waals surface area contributed by atoms with E-state index in [1.165, 1.54) is 6.07 Å². The van der Waals surface area contributed by atoms with Crippen LogP contribution in [0.3, 0.4) is 0 Å². The summed E-state index contributed by atoms with van der Waals surface area (Å²) in [5, 5.41) is 7.56. The number of nitrogens with zero attached hydrogens (tertiary/aromatic N) is 2. The molecule has 2 aromatic rings. The molecule has 5 heteroatoms. The molecule has 1 heterocycles. The lowest BCUT2D eigenvalue weighted by Gasteiger charge is -2.09. The Bertz CT molecular complexity index is 591. The lowest BCUT2D eigenvalue weighted by Crippen LogP contribution is -2.22. The van der Waals surface area contributed by atoms with E-state index >= 15 is 0 Å². The van der Waals surface area contributed by atoms with Crippen LogP contribution < -0.4 is 5.32 Å². The summed E-state index contributed by atoms with van der Waals surface area (Å²) in [4.78, 5) is 0. The molecule has 0 unspecified atom stereocenters. The summed E-state index contributed by atoms with van der Waals surface area (Å²) in [7, 11) is 0. The van der Waals surface area contributed by atoms with Crippen LogP contribution in [0.5, 0.6) is 0 Å². The molecule has 0 spiro atoms. The molecular weight excluding hydrogens is 260 g/mol. The zero-order chi connectivity index (χ0) is 14.7. The number of rotatable bonds is 5. The minimum Gasteiger partial charge on any atom is -0.310 e. The van der Waals surface area contributed by atoms with Crippen LogP contribution in [0, 0.1) is 18.6 Å². The van der Waals surface area contributed by atoms with Crippen LogP contribution in [0.4, 0.5) is 8.78 Å². The first-order chi connectivity index (χ1) is 9.47. The SMILES string of the molecule is Cc1c(CNC(C)C)cnn1Cc1cc(F)ccc1F. The molecule has 0 fully saturated rings. The number of nitrogens with one attached hydrogen (secondary N) is 1. The van der Waals surface area contributed by atoms with E-state index in [2.05, 4.69) is 24.3 Å². The Kier molecular flexibility index (Phi) is 4.49. The first-order valence-electron chi connectivity index (χ1n) is 6.66. The molecule has 0 bridgehead atoms. The molecule has 0 radical (unpaired) electrons. The number of halogens is 2. The summed E-state index contributed by atoms with van der Waals surface area (Å²) in [6.45, 7) is 7.03. The van der Waals surface area contributed by atoms with E-state index in [4.69, 9.17) is 0 Å². The predicted molar refractivity (Wildman–Crippen MR) is 74.4 cm³/mol. The lowest BCUT2D eigenvalue weighted by atomic mass is 10.2. The van der Waals surface area contributed by atoms with Crippen molar-refractivity contribution in [3.8, 4) is 0 Å². The van der Waals surface area contributed by atoms with Crippen molar-refractivity contribution in [3.63, 3.8) is 0 Å². The zero-order valence-electron chi connectivity index (χ0n) is 12.0. The highest BCUT2D eigenvalue weighted by Gasteiger charge is 2.10. The Balaban J connectivity index is 2.16. The topological polar surface area (TPSA) is 29.9 Å². The molecule has 20 heavy (non-hydrogen) atoms. The van der Waals surface area contributed by atoms with Crippen LogP contribution in [0.1, 0.15) is 30.7 Å². The predicted octanol–water partition coefficient (Wildman–Crippen LogP) is 3.02. The molecule has 1 N–H and O–H groups in total. The van der Waals surface area contributed by atoms with Crippen molar-refractivity contribution in [1.29, 1.82) is 0 Å². The average Bonchev–Trinajstić information content (AvgIpc) is 2.73. The Hall–Kier alpha value is -1.75. The number of hydrogen-bond donors (Lipinski definition) is 1. The van der Waals surface area contributed by atoms with Crippen molar-refractivity contribution in [2.45, 2.75) is 39.9 Å². The van der Waals surface area contributed by atoms with E-state index in [1.54, 1.807) is 10.9 Å². The first-order valence-corrected chi connectivity index (χ1v) is 6.66. The molecule has 0 aliphatic heterocycles. The number of aromatic nitrogens is 2. The molecule has 1 aromatic carbocycles. The minimum absolute atomic E-state index is 0.233. The van der Waals surface area contributed by atoms with E-state index in [1.807, 2.05) is 6.92 Å². The van der Waals surface area contributed by atoms with Crippen molar-refractivity contribution in [2.24, 2.45) is 0 Å². The molecule has 108 valence electrons. The third-order valence-corrected chi connectivity index (χ3v) is 3.23. The van der Waals surface area contributed by atoms with Gasteiger partial charge in [0, 0.05) is 29.4 Å². The molecule has 0 aliphatic carbocycles. The largest absolute Gasteiger partial charge is 0.310 e. The second-order valence-corrected chi connectivity index (χ2v) is 5.18. The van der Waals surface area contributed by atoms with Crippen LogP contribution in [0.25, 0.3) is 0 Å². The van der Waals surface area contributed by atoms with Gasteiger partial charge >= 0.3 is 0 Å². The normalized spacial score (nSPS) is 11.3. The molecule has 0 atom stereocenters. The fourth-order valence-corrected chi connectivity index (χ4v) is 1.96. The van der Waals surface area contributed by atoms with E-state index in [0.29, 0.717) is 11.6 Å². The van der Waals surface area contributed by atoms with Gasteiger partial charge in [0.15, 0.2) is 0 Å². The standard InChI is InChI=1S/C15H19F2N3/c1-10(2)18-7-13-8-19-20(11(13)3)9-12-6-14(16)4-5-15(12)17/h4-6,8,10,18H,7,9H2,1-3H3. The first kappa shape index (κ1) is 14.7. The van der Waals surface area contributed by atoms with Crippen molar-refractivity contribution < 1.29 is 8.78 Å². The van der Waals surface area contributed by atoms with Gasteiger partial charge in [0.05, 0.1) is 12.7 Å². The van der Waals surface area contributed by atoms with Crippen molar-refractivity contribution in [2.75, 3.05) is 0 Å².